The highest BCUT2D eigenvalue weighted by Gasteiger charge is 2.23. The Kier molecular flexibility index (Phi) is 3.69. The molecule has 1 aliphatic heterocycles. The van der Waals surface area contributed by atoms with Crippen molar-refractivity contribution in [3.8, 4) is 0 Å². The van der Waals surface area contributed by atoms with E-state index >= 15 is 0 Å². The topological polar surface area (TPSA) is 64.3 Å². The van der Waals surface area contributed by atoms with Crippen LogP contribution in [0.3, 0.4) is 0 Å². The second-order valence-electron chi connectivity index (χ2n) is 4.26. The van der Waals surface area contributed by atoms with E-state index in [1.807, 2.05) is 6.92 Å². The summed E-state index contributed by atoms with van der Waals surface area (Å²) in [6.07, 6.45) is 2.38. The number of aromatic nitrogens is 2. The molecule has 1 saturated heterocycles. The van der Waals surface area contributed by atoms with Crippen LogP contribution in [0.1, 0.15) is 18.5 Å². The van der Waals surface area contributed by atoms with E-state index in [2.05, 4.69) is 14.9 Å². The van der Waals surface area contributed by atoms with Gasteiger partial charge in [0.15, 0.2) is 5.82 Å². The summed E-state index contributed by atoms with van der Waals surface area (Å²) >= 11 is 5.88. The Hall–Kier alpha value is -1.07. The van der Waals surface area contributed by atoms with Crippen LogP contribution in [0.2, 0.25) is 5.28 Å². The average molecular weight is 257 g/mol. The minimum Gasteiger partial charge on any atom is -0.394 e. The SMILES string of the molecule is COC1CCCN(c2nc(Cl)nc(C)c2N)C1. The van der Waals surface area contributed by atoms with Crippen molar-refractivity contribution < 1.29 is 4.74 Å². The third-order valence-corrected chi connectivity index (χ3v) is 3.27. The summed E-state index contributed by atoms with van der Waals surface area (Å²) in [6, 6.07) is 0. The Bertz CT molecular complexity index is 413. The third-order valence-electron chi connectivity index (χ3n) is 3.10. The second-order valence-corrected chi connectivity index (χ2v) is 4.60. The number of hydrogen-bond acceptors (Lipinski definition) is 5. The van der Waals surface area contributed by atoms with Crippen molar-refractivity contribution in [1.82, 2.24) is 9.97 Å². The first-order valence-corrected chi connectivity index (χ1v) is 6.07. The zero-order valence-electron chi connectivity index (χ0n) is 10.1. The van der Waals surface area contributed by atoms with Gasteiger partial charge in [0.1, 0.15) is 0 Å². The van der Waals surface area contributed by atoms with Crippen LogP contribution in [0.15, 0.2) is 0 Å². The smallest absolute Gasteiger partial charge is 0.224 e. The van der Waals surface area contributed by atoms with Gasteiger partial charge in [-0.1, -0.05) is 0 Å². The number of piperidine rings is 1. The fourth-order valence-electron chi connectivity index (χ4n) is 2.10. The zero-order chi connectivity index (χ0) is 12.4. The predicted octanol–water partition coefficient (Wildman–Crippen LogP) is 1.64. The van der Waals surface area contributed by atoms with E-state index in [4.69, 9.17) is 22.1 Å². The molecular formula is C11H17ClN4O. The van der Waals surface area contributed by atoms with Crippen molar-refractivity contribution in [2.45, 2.75) is 25.9 Å². The maximum Gasteiger partial charge on any atom is 0.224 e. The molecule has 0 amide bonds. The lowest BCUT2D eigenvalue weighted by atomic mass is 10.1. The second kappa shape index (κ2) is 5.06. The van der Waals surface area contributed by atoms with Crippen LogP contribution in [0.25, 0.3) is 0 Å². The first kappa shape index (κ1) is 12.4. The Labute approximate surface area is 106 Å². The molecule has 0 spiro atoms. The lowest BCUT2D eigenvalue weighted by Gasteiger charge is -2.33. The quantitative estimate of drug-likeness (QED) is 0.815. The summed E-state index contributed by atoms with van der Waals surface area (Å²) in [6.45, 7) is 3.56. The number of methoxy groups -OCH3 is 1. The molecule has 0 aromatic carbocycles. The highest BCUT2D eigenvalue weighted by atomic mass is 35.5. The van der Waals surface area contributed by atoms with Crippen LogP contribution in [-0.2, 0) is 4.74 Å². The summed E-state index contributed by atoms with van der Waals surface area (Å²) in [5.74, 6) is 0.726. The number of halogens is 1. The molecule has 6 heteroatoms. The monoisotopic (exact) mass is 256 g/mol. The molecule has 0 bridgehead atoms. The van der Waals surface area contributed by atoms with Gasteiger partial charge in [0.25, 0.3) is 0 Å². The van der Waals surface area contributed by atoms with Gasteiger partial charge >= 0.3 is 0 Å². The first-order valence-electron chi connectivity index (χ1n) is 5.69. The van der Waals surface area contributed by atoms with Gasteiger partial charge in [-0.2, -0.15) is 4.98 Å². The molecule has 5 nitrogen and oxygen atoms in total. The molecule has 17 heavy (non-hydrogen) atoms. The van der Waals surface area contributed by atoms with Gasteiger partial charge < -0.3 is 15.4 Å². The van der Waals surface area contributed by atoms with Gasteiger partial charge in [-0.05, 0) is 31.4 Å². The summed E-state index contributed by atoms with van der Waals surface area (Å²) < 4.78 is 5.38. The predicted molar refractivity (Wildman–Crippen MR) is 68.4 cm³/mol. The minimum atomic E-state index is 0.234. The molecule has 94 valence electrons. The van der Waals surface area contributed by atoms with Crippen LogP contribution in [0.5, 0.6) is 0 Å². The van der Waals surface area contributed by atoms with E-state index in [0.29, 0.717) is 5.69 Å². The molecular weight excluding hydrogens is 240 g/mol. The Morgan fingerprint density at radius 2 is 2.24 bits per heavy atom. The number of nitrogens with two attached hydrogens (primary N) is 1. The number of anilines is 2. The molecule has 1 atom stereocenters. The van der Waals surface area contributed by atoms with Gasteiger partial charge in [-0.15, -0.1) is 0 Å². The Morgan fingerprint density at radius 3 is 2.94 bits per heavy atom. The normalized spacial score (nSPS) is 20.6. The molecule has 0 aliphatic carbocycles. The van der Waals surface area contributed by atoms with Crippen molar-refractivity contribution in [2.75, 3.05) is 30.8 Å². The fraction of sp³-hybridized carbons (Fsp3) is 0.636. The van der Waals surface area contributed by atoms with E-state index in [9.17, 15) is 0 Å². The molecule has 2 rings (SSSR count). The molecule has 1 unspecified atom stereocenters. The molecule has 2 N–H and O–H groups in total. The van der Waals surface area contributed by atoms with Crippen molar-refractivity contribution in [3.63, 3.8) is 0 Å². The number of nitrogens with zero attached hydrogens (tertiary/aromatic N) is 3. The zero-order valence-corrected chi connectivity index (χ0v) is 10.9. The van der Waals surface area contributed by atoms with E-state index in [1.54, 1.807) is 7.11 Å². The van der Waals surface area contributed by atoms with Crippen LogP contribution in [0, 0.1) is 6.92 Å². The molecule has 2 heterocycles. The van der Waals surface area contributed by atoms with E-state index in [-0.39, 0.29) is 11.4 Å². The highest BCUT2D eigenvalue weighted by molar-refractivity contribution is 6.28. The summed E-state index contributed by atoms with van der Waals surface area (Å²) in [7, 11) is 1.73. The number of ether oxygens (including phenoxy) is 1. The lowest BCUT2D eigenvalue weighted by molar-refractivity contribution is 0.0891. The first-order chi connectivity index (χ1) is 8.11. The van der Waals surface area contributed by atoms with Crippen LogP contribution in [0.4, 0.5) is 11.5 Å². The largest absolute Gasteiger partial charge is 0.394 e. The van der Waals surface area contributed by atoms with Gasteiger partial charge in [0.2, 0.25) is 5.28 Å². The van der Waals surface area contributed by atoms with E-state index < -0.39 is 0 Å². The van der Waals surface area contributed by atoms with Gasteiger partial charge in [0, 0.05) is 20.2 Å². The molecule has 0 radical (unpaired) electrons. The van der Waals surface area contributed by atoms with Crippen molar-refractivity contribution in [2.24, 2.45) is 0 Å². The third kappa shape index (κ3) is 2.61. The maximum atomic E-state index is 6.00. The van der Waals surface area contributed by atoms with Crippen LogP contribution >= 0.6 is 11.6 Å². The van der Waals surface area contributed by atoms with Gasteiger partial charge in [-0.25, -0.2) is 4.98 Å². The van der Waals surface area contributed by atoms with Gasteiger partial charge in [0.05, 0.1) is 17.5 Å². The van der Waals surface area contributed by atoms with Crippen LogP contribution < -0.4 is 10.6 Å². The van der Waals surface area contributed by atoms with E-state index in [0.717, 1.165) is 37.4 Å². The standard InChI is InChI=1S/C11H17ClN4O/c1-7-9(13)10(15-11(12)14-7)16-5-3-4-8(6-16)17-2/h8H,3-6,13H2,1-2H3. The lowest BCUT2D eigenvalue weighted by Crippen LogP contribution is -2.40. The number of hydrogen-bond donors (Lipinski definition) is 1. The summed E-state index contributed by atoms with van der Waals surface area (Å²) in [5.41, 5.74) is 7.33. The highest BCUT2D eigenvalue weighted by Crippen LogP contribution is 2.27. The minimum absolute atomic E-state index is 0.234. The summed E-state index contributed by atoms with van der Waals surface area (Å²) in [4.78, 5) is 10.4. The maximum absolute atomic E-state index is 6.00. The molecule has 1 aromatic heterocycles. The number of aryl methyl sites for hydroxylation is 1. The van der Waals surface area contributed by atoms with Crippen molar-refractivity contribution >= 4 is 23.1 Å². The van der Waals surface area contributed by atoms with Gasteiger partial charge in [-0.3, -0.25) is 0 Å². The number of rotatable bonds is 2. The van der Waals surface area contributed by atoms with Crippen molar-refractivity contribution in [3.05, 3.63) is 11.0 Å². The molecule has 0 saturated carbocycles. The van der Waals surface area contributed by atoms with E-state index in [1.165, 1.54) is 0 Å². The molecule has 1 fully saturated rings. The average Bonchev–Trinajstić information content (AvgIpc) is 2.34. The molecule has 1 aromatic rings. The van der Waals surface area contributed by atoms with Crippen LogP contribution in [-0.4, -0.2) is 36.3 Å². The van der Waals surface area contributed by atoms with Crippen molar-refractivity contribution in [1.29, 1.82) is 0 Å². The number of nitrogen functional groups attached to an aromatic ring is 1. The molecule has 1 aliphatic rings. The Morgan fingerprint density at radius 1 is 1.47 bits per heavy atom. The fourth-order valence-corrected chi connectivity index (χ4v) is 2.30. The summed E-state index contributed by atoms with van der Waals surface area (Å²) in [5, 5.41) is 0.242. The Balaban J connectivity index is 2.27.